The van der Waals surface area contributed by atoms with Crippen molar-refractivity contribution in [2.45, 2.75) is 18.0 Å². The van der Waals surface area contributed by atoms with Crippen molar-refractivity contribution in [3.05, 3.63) is 53.6 Å². The van der Waals surface area contributed by atoms with Crippen LogP contribution in [-0.2, 0) is 29.2 Å². The molecule has 0 radical (unpaired) electrons. The van der Waals surface area contributed by atoms with Crippen molar-refractivity contribution in [3.8, 4) is 0 Å². The van der Waals surface area contributed by atoms with E-state index in [4.69, 9.17) is 23.8 Å². The number of hydrogen-bond acceptors (Lipinski definition) is 7. The highest BCUT2D eigenvalue weighted by molar-refractivity contribution is 7.90. The maximum absolute atomic E-state index is 13.2. The van der Waals surface area contributed by atoms with Crippen LogP contribution in [0.3, 0.4) is 0 Å². The average Bonchev–Trinajstić information content (AvgIpc) is 2.74. The normalized spacial score (nSPS) is 16.9. The van der Waals surface area contributed by atoms with Crippen LogP contribution in [0.4, 0.5) is 24.5 Å². The molecule has 3 rings (SSSR count). The molecule has 0 bridgehead atoms. The van der Waals surface area contributed by atoms with Gasteiger partial charge in [-0.05, 0) is 60.7 Å². The number of amides is 3. The summed E-state index contributed by atoms with van der Waals surface area (Å²) in [6.45, 7) is 0.969. The van der Waals surface area contributed by atoms with Crippen molar-refractivity contribution in [2.75, 3.05) is 9.80 Å². The minimum absolute atomic E-state index is 0.0632. The van der Waals surface area contributed by atoms with Gasteiger partial charge in [0, 0.05) is 11.9 Å². The number of anilines is 2. The fourth-order valence-electron chi connectivity index (χ4n) is 3.13. The topological polar surface area (TPSA) is 121 Å². The highest BCUT2D eigenvalue weighted by atomic mass is 35.5. The summed E-state index contributed by atoms with van der Waals surface area (Å²) in [5, 5.41) is -0.345. The first kappa shape index (κ1) is 26.2. The van der Waals surface area contributed by atoms with Gasteiger partial charge in [-0.1, -0.05) is 11.6 Å². The van der Waals surface area contributed by atoms with Crippen LogP contribution in [0.2, 0.25) is 5.02 Å². The highest BCUT2D eigenvalue weighted by Crippen LogP contribution is 2.33. The van der Waals surface area contributed by atoms with E-state index in [-0.39, 0.29) is 16.4 Å². The molecule has 184 valence electrons. The molecule has 1 atom stereocenters. The van der Waals surface area contributed by atoms with Crippen LogP contribution in [0, 0.1) is 5.92 Å². The Morgan fingerprint density at radius 2 is 1.37 bits per heavy atom. The Morgan fingerprint density at radius 3 is 1.77 bits per heavy atom. The lowest BCUT2D eigenvalue weighted by Crippen LogP contribution is -2.63. The fraction of sp³-hybridized carbons (Fsp3) is 0.150. The molecule has 1 N–H and O–H groups in total. The average molecular weight is 548 g/mol. The van der Waals surface area contributed by atoms with Gasteiger partial charge in [-0.25, -0.2) is 13.1 Å². The number of nitrogens with zero attached hydrogens (tertiary/aromatic N) is 2. The van der Waals surface area contributed by atoms with E-state index in [2.05, 4.69) is 0 Å². The molecule has 2 aromatic carbocycles. The number of rotatable bonds is 5. The van der Waals surface area contributed by atoms with Crippen LogP contribution in [0.15, 0.2) is 53.4 Å². The van der Waals surface area contributed by atoms with Gasteiger partial charge < -0.3 is 0 Å². The molecular weight excluding hydrogens is 535 g/mol. The molecule has 9 nitrogen and oxygen atoms in total. The lowest BCUT2D eigenvalue weighted by Gasteiger charge is -2.38. The van der Waals surface area contributed by atoms with E-state index in [0.29, 0.717) is 9.80 Å². The second-order valence-corrected chi connectivity index (χ2v) is 9.54. The maximum Gasteiger partial charge on any atom is 0.451 e. The van der Waals surface area contributed by atoms with E-state index < -0.39 is 55.6 Å². The van der Waals surface area contributed by atoms with Crippen LogP contribution in [0.1, 0.15) is 6.92 Å². The molecule has 0 saturated carbocycles. The monoisotopic (exact) mass is 547 g/mol. The van der Waals surface area contributed by atoms with Crippen LogP contribution >= 0.6 is 23.8 Å². The second kappa shape index (κ2) is 9.36. The van der Waals surface area contributed by atoms with Gasteiger partial charge in [-0.3, -0.25) is 29.0 Å². The zero-order valence-corrected chi connectivity index (χ0v) is 19.8. The molecule has 0 aliphatic carbocycles. The number of nitrogens with one attached hydrogen (secondary N) is 1. The van der Waals surface area contributed by atoms with Gasteiger partial charge in [0.1, 0.15) is 0 Å². The van der Waals surface area contributed by atoms with Gasteiger partial charge in [0.05, 0.1) is 16.3 Å². The van der Waals surface area contributed by atoms with Gasteiger partial charge in [0.25, 0.3) is 27.6 Å². The first-order valence-electron chi connectivity index (χ1n) is 9.37. The molecule has 3 amide bonds. The number of ketones is 1. The number of hydrogen-bond donors (Lipinski definition) is 1. The summed E-state index contributed by atoms with van der Waals surface area (Å²) in [6.07, 6.45) is -5.51. The molecule has 35 heavy (non-hydrogen) atoms. The Balaban J connectivity index is 2.11. The Labute approximate surface area is 206 Å². The minimum Gasteiger partial charge on any atom is -0.288 e. The summed E-state index contributed by atoms with van der Waals surface area (Å²) >= 11 is 11.0. The number of alkyl halides is 3. The molecule has 0 aromatic heterocycles. The Hall–Kier alpha value is -3.36. The number of carbonyl (C=O) groups is 4. The molecule has 1 fully saturated rings. The molecule has 1 saturated heterocycles. The second-order valence-electron chi connectivity index (χ2n) is 7.06. The van der Waals surface area contributed by atoms with Gasteiger partial charge in [-0.2, -0.15) is 13.2 Å². The SMILES string of the molecule is CC(=O)NS(=O)(=O)c1ccc(N2C(=O)C(C(=O)C(F)(F)F)C(=O)N(c3ccc(Cl)cc3)C2=S)cc1. The van der Waals surface area contributed by atoms with E-state index >= 15 is 0 Å². The molecule has 15 heteroatoms. The summed E-state index contributed by atoms with van der Waals surface area (Å²) in [7, 11) is -4.26. The summed E-state index contributed by atoms with van der Waals surface area (Å²) < 4.78 is 65.7. The van der Waals surface area contributed by atoms with E-state index in [1.54, 1.807) is 4.72 Å². The smallest absolute Gasteiger partial charge is 0.288 e. The summed E-state index contributed by atoms with van der Waals surface area (Å²) in [5.41, 5.74) is -0.292. The van der Waals surface area contributed by atoms with E-state index in [0.717, 1.165) is 31.2 Å². The molecule has 1 aliphatic rings. The largest absolute Gasteiger partial charge is 0.451 e. The number of Topliss-reactive ketones (excluding diaryl/α,β-unsaturated/α-hetero) is 1. The van der Waals surface area contributed by atoms with Gasteiger partial charge >= 0.3 is 6.18 Å². The van der Waals surface area contributed by atoms with Gasteiger partial charge in [0.2, 0.25) is 5.91 Å². The van der Waals surface area contributed by atoms with Crippen molar-refractivity contribution in [1.29, 1.82) is 0 Å². The standard InChI is InChI=1S/C20H13ClF3N3O6S2/c1-10(28)25-35(32,33)14-8-6-13(7-9-14)27-18(31)15(16(29)20(22,23)24)17(30)26(19(27)34)12-4-2-11(21)3-5-12/h2-9,15H,1H3,(H,25,28). The fourth-order valence-corrected chi connectivity index (χ4v) is 4.64. The summed E-state index contributed by atoms with van der Waals surface area (Å²) in [4.78, 5) is 49.7. The van der Waals surface area contributed by atoms with Crippen molar-refractivity contribution >= 4 is 73.8 Å². The lowest BCUT2D eigenvalue weighted by atomic mass is 9.97. The van der Waals surface area contributed by atoms with Crippen molar-refractivity contribution in [1.82, 2.24) is 4.72 Å². The van der Waals surface area contributed by atoms with Crippen LogP contribution in [-0.4, -0.2) is 43.2 Å². The van der Waals surface area contributed by atoms with Crippen LogP contribution in [0.25, 0.3) is 0 Å². The highest BCUT2D eigenvalue weighted by Gasteiger charge is 2.56. The van der Waals surface area contributed by atoms with Gasteiger partial charge in [0.15, 0.2) is 11.0 Å². The van der Waals surface area contributed by atoms with E-state index in [1.165, 1.54) is 24.3 Å². The van der Waals surface area contributed by atoms with Gasteiger partial charge in [-0.15, -0.1) is 0 Å². The van der Waals surface area contributed by atoms with Crippen molar-refractivity contribution in [3.63, 3.8) is 0 Å². The molecule has 1 aliphatic heterocycles. The van der Waals surface area contributed by atoms with Crippen LogP contribution < -0.4 is 14.5 Å². The summed E-state index contributed by atoms with van der Waals surface area (Å²) in [6, 6.07) is 9.08. The third-order valence-corrected chi connectivity index (χ3v) is 6.69. The molecule has 1 unspecified atom stereocenters. The van der Waals surface area contributed by atoms with E-state index in [1.807, 2.05) is 0 Å². The maximum atomic E-state index is 13.2. The first-order chi connectivity index (χ1) is 16.1. The Kier molecular flexibility index (Phi) is 7.02. The summed E-state index contributed by atoms with van der Waals surface area (Å²) in [5.74, 6) is -9.33. The molecule has 1 heterocycles. The number of thiocarbonyl (C=S) groups is 1. The first-order valence-corrected chi connectivity index (χ1v) is 11.6. The van der Waals surface area contributed by atoms with Crippen molar-refractivity contribution in [2.24, 2.45) is 5.92 Å². The zero-order chi connectivity index (χ0) is 26.3. The number of carbonyl (C=O) groups excluding carboxylic acids is 4. The quantitative estimate of drug-likeness (QED) is 0.451. The third-order valence-electron chi connectivity index (χ3n) is 4.63. The number of sulfonamides is 1. The molecule has 0 spiro atoms. The Morgan fingerprint density at radius 1 is 0.943 bits per heavy atom. The number of halogens is 4. The van der Waals surface area contributed by atoms with Crippen molar-refractivity contribution < 1.29 is 40.8 Å². The predicted octanol–water partition coefficient (Wildman–Crippen LogP) is 2.58. The minimum atomic E-state index is -5.51. The number of benzene rings is 2. The zero-order valence-electron chi connectivity index (χ0n) is 17.4. The van der Waals surface area contributed by atoms with Crippen LogP contribution in [0.5, 0.6) is 0 Å². The predicted molar refractivity (Wildman–Crippen MR) is 121 cm³/mol. The lowest BCUT2D eigenvalue weighted by molar-refractivity contribution is -0.177. The Bertz CT molecular complexity index is 1350. The third kappa shape index (κ3) is 5.18. The molecular formula is C20H13ClF3N3O6S2. The van der Waals surface area contributed by atoms with E-state index in [9.17, 15) is 40.8 Å². The molecule has 2 aromatic rings.